The Kier molecular flexibility index (Phi) is 7.51. The van der Waals surface area contributed by atoms with Crippen LogP contribution in [0.2, 0.25) is 0 Å². The molecular weight excluding hydrogens is 300 g/mol. The molecule has 0 atom stereocenters. The van der Waals surface area contributed by atoms with Crippen LogP contribution in [0.1, 0.15) is 16.3 Å². The number of hydrogen-bond donors (Lipinski definition) is 3. The molecule has 116 valence electrons. The lowest BCUT2D eigenvalue weighted by atomic mass is 10.3. The van der Waals surface area contributed by atoms with Gasteiger partial charge in [-0.3, -0.25) is 4.79 Å². The number of aliphatic hydroxyl groups is 1. The van der Waals surface area contributed by atoms with E-state index in [2.05, 4.69) is 31.8 Å². The number of carbonyl (C=O) groups is 1. The number of rotatable bonds is 8. The van der Waals surface area contributed by atoms with Gasteiger partial charge in [-0.1, -0.05) is 12.2 Å². The van der Waals surface area contributed by atoms with Crippen molar-refractivity contribution in [2.24, 2.45) is 0 Å². The molecule has 0 aliphatic rings. The molecule has 2 N–H and O–H groups in total. The quantitative estimate of drug-likeness (QED) is 0.202. The summed E-state index contributed by atoms with van der Waals surface area (Å²) in [7, 11) is 1.17. The maximum atomic E-state index is 11.7. The lowest BCUT2D eigenvalue weighted by Crippen LogP contribution is -2.20. The van der Waals surface area contributed by atoms with E-state index < -0.39 is 11.5 Å². The van der Waals surface area contributed by atoms with Gasteiger partial charge < -0.3 is 23.7 Å². The van der Waals surface area contributed by atoms with Crippen molar-refractivity contribution in [3.63, 3.8) is 0 Å². The van der Waals surface area contributed by atoms with Crippen molar-refractivity contribution in [3.05, 3.63) is 34.0 Å². The van der Waals surface area contributed by atoms with Gasteiger partial charge in [-0.2, -0.15) is 0 Å². The molecule has 0 fully saturated rings. The minimum atomic E-state index is -0.793. The maximum absolute atomic E-state index is 11.7. The average Bonchev–Trinajstić information content (AvgIpc) is 2.49. The van der Waals surface area contributed by atoms with Gasteiger partial charge in [0.2, 0.25) is 5.75 Å². The van der Waals surface area contributed by atoms with Crippen molar-refractivity contribution in [3.8, 4) is 5.75 Å². The Labute approximate surface area is 126 Å². The van der Waals surface area contributed by atoms with E-state index >= 15 is 0 Å². The van der Waals surface area contributed by atoms with E-state index in [1.54, 1.807) is 12.2 Å². The molecule has 1 aromatic heterocycles. The molecule has 8 nitrogen and oxygen atoms in total. The molecule has 0 saturated carbocycles. The normalized spacial score (nSPS) is 10.8. The summed E-state index contributed by atoms with van der Waals surface area (Å²) in [4.78, 5) is 29.7. The van der Waals surface area contributed by atoms with Gasteiger partial charge in [0.15, 0.2) is 5.69 Å². The fourth-order valence-electron chi connectivity index (χ4n) is 1.41. The summed E-state index contributed by atoms with van der Waals surface area (Å²) in [6, 6.07) is 0. The molecule has 21 heavy (non-hydrogen) atoms. The number of methoxy groups -OCH3 is 1. The Bertz CT molecular complexity index is 557. The van der Waals surface area contributed by atoms with Crippen molar-refractivity contribution >= 4 is 18.9 Å². The molecule has 0 amide bonds. The number of H-pyrrole nitrogens is 1. The highest BCUT2D eigenvalue weighted by atomic mass is 32.1. The average molecular weight is 316 g/mol. The van der Waals surface area contributed by atoms with Gasteiger partial charge in [0, 0.05) is 19.3 Å². The molecule has 0 aromatic carbocycles. The monoisotopic (exact) mass is 316 g/mol. The fraction of sp³-hybridized carbons (Fsp3) is 0.417. The first-order valence-electron chi connectivity index (χ1n) is 6.00. The van der Waals surface area contributed by atoms with E-state index in [0.717, 1.165) is 0 Å². The summed E-state index contributed by atoms with van der Waals surface area (Å²) in [5.41, 5.74) is -0.873. The number of hydrogen-bond acceptors (Lipinski definition) is 8. The smallest absolute Gasteiger partial charge is 0.360 e. The molecule has 1 heterocycles. The number of aliphatic hydroxyl groups excluding tert-OH is 1. The predicted octanol–water partition coefficient (Wildman–Crippen LogP) is -0.112. The highest BCUT2D eigenvalue weighted by molar-refractivity contribution is 7.75. The standard InChI is InChI=1S/C12H16N2O6S/c1-18-12(17)9-10(20-21)11(16)14-8(13-9)4-7-19-6-3-2-5-15/h2-3,15,21H,4-7H2,1H3,(H,13,14,16)/b3-2-. The van der Waals surface area contributed by atoms with Crippen LogP contribution in [0.15, 0.2) is 16.9 Å². The largest absolute Gasteiger partial charge is 0.464 e. The zero-order chi connectivity index (χ0) is 15.7. The SMILES string of the molecule is COC(=O)c1nc(CCOC/C=C\CO)[nH]c(=O)c1OS. The Hall–Kier alpha value is -1.84. The summed E-state index contributed by atoms with van der Waals surface area (Å²) >= 11 is 3.51. The number of thiol groups is 1. The topological polar surface area (TPSA) is 111 Å². The molecule has 0 aliphatic heterocycles. The van der Waals surface area contributed by atoms with Gasteiger partial charge in [-0.15, -0.1) is 0 Å². The number of aromatic nitrogens is 2. The highest BCUT2D eigenvalue weighted by Gasteiger charge is 2.20. The van der Waals surface area contributed by atoms with Crippen LogP contribution in [-0.4, -0.2) is 48.0 Å². The van der Waals surface area contributed by atoms with Gasteiger partial charge in [0.05, 0.1) is 26.9 Å². The fourth-order valence-corrected chi connectivity index (χ4v) is 1.58. The molecule has 9 heteroatoms. The number of esters is 1. The number of nitrogens with one attached hydrogen (secondary N) is 1. The maximum Gasteiger partial charge on any atom is 0.360 e. The first-order chi connectivity index (χ1) is 10.1. The Balaban J connectivity index is 2.75. The zero-order valence-electron chi connectivity index (χ0n) is 11.4. The molecule has 0 spiro atoms. The minimum absolute atomic E-state index is 0.0497. The first-order valence-corrected chi connectivity index (χ1v) is 6.37. The third kappa shape index (κ3) is 5.21. The Morgan fingerprint density at radius 2 is 2.24 bits per heavy atom. The van der Waals surface area contributed by atoms with E-state index in [4.69, 9.17) is 9.84 Å². The highest BCUT2D eigenvalue weighted by Crippen LogP contribution is 2.12. The van der Waals surface area contributed by atoms with Crippen LogP contribution in [-0.2, 0) is 15.9 Å². The third-order valence-corrected chi connectivity index (χ3v) is 2.55. The van der Waals surface area contributed by atoms with Crippen LogP contribution in [0.3, 0.4) is 0 Å². The van der Waals surface area contributed by atoms with Crippen LogP contribution in [0.5, 0.6) is 5.75 Å². The lowest BCUT2D eigenvalue weighted by Gasteiger charge is -2.07. The molecule has 0 saturated heterocycles. The van der Waals surface area contributed by atoms with E-state index in [-0.39, 0.29) is 30.5 Å². The molecular formula is C12H16N2O6S. The van der Waals surface area contributed by atoms with E-state index in [1.807, 2.05) is 0 Å². The molecule has 1 rings (SSSR count). The van der Waals surface area contributed by atoms with Crippen molar-refractivity contribution in [2.75, 3.05) is 26.9 Å². The van der Waals surface area contributed by atoms with Crippen LogP contribution >= 0.6 is 12.9 Å². The second kappa shape index (κ2) is 9.16. The van der Waals surface area contributed by atoms with Crippen LogP contribution < -0.4 is 9.74 Å². The first kappa shape index (κ1) is 17.2. The predicted molar refractivity (Wildman–Crippen MR) is 76.6 cm³/mol. The minimum Gasteiger partial charge on any atom is -0.464 e. The third-order valence-electron chi connectivity index (χ3n) is 2.37. The van der Waals surface area contributed by atoms with Gasteiger partial charge >= 0.3 is 5.97 Å². The Morgan fingerprint density at radius 3 is 2.86 bits per heavy atom. The summed E-state index contributed by atoms with van der Waals surface area (Å²) in [6.07, 6.45) is 3.50. The lowest BCUT2D eigenvalue weighted by molar-refractivity contribution is 0.0590. The summed E-state index contributed by atoms with van der Waals surface area (Å²) in [5.74, 6) is -0.848. The number of carbonyl (C=O) groups excluding carboxylic acids is 1. The van der Waals surface area contributed by atoms with Crippen LogP contribution in [0.4, 0.5) is 0 Å². The van der Waals surface area contributed by atoms with Crippen LogP contribution in [0, 0.1) is 0 Å². The van der Waals surface area contributed by atoms with Crippen molar-refractivity contribution < 1.29 is 23.6 Å². The molecule has 0 bridgehead atoms. The van der Waals surface area contributed by atoms with Crippen molar-refractivity contribution in [1.29, 1.82) is 0 Å². The van der Waals surface area contributed by atoms with E-state index in [0.29, 0.717) is 13.0 Å². The van der Waals surface area contributed by atoms with Gasteiger partial charge in [0.25, 0.3) is 5.56 Å². The Morgan fingerprint density at radius 1 is 1.48 bits per heavy atom. The molecule has 0 aliphatic carbocycles. The van der Waals surface area contributed by atoms with Gasteiger partial charge in [0.1, 0.15) is 5.82 Å². The van der Waals surface area contributed by atoms with Crippen molar-refractivity contribution in [1.82, 2.24) is 9.97 Å². The number of aromatic amines is 1. The van der Waals surface area contributed by atoms with E-state index in [9.17, 15) is 9.59 Å². The second-order valence-corrected chi connectivity index (χ2v) is 3.93. The summed E-state index contributed by atoms with van der Waals surface area (Å²) in [5, 5.41) is 8.53. The molecule has 0 radical (unpaired) electrons. The van der Waals surface area contributed by atoms with Gasteiger partial charge in [-0.05, 0) is 0 Å². The van der Waals surface area contributed by atoms with E-state index in [1.165, 1.54) is 7.11 Å². The van der Waals surface area contributed by atoms with Crippen molar-refractivity contribution in [2.45, 2.75) is 6.42 Å². The van der Waals surface area contributed by atoms with Crippen LogP contribution in [0.25, 0.3) is 0 Å². The second-order valence-electron chi connectivity index (χ2n) is 3.75. The number of ether oxygens (including phenoxy) is 2. The molecule has 0 unspecified atom stereocenters. The molecule has 1 aromatic rings. The van der Waals surface area contributed by atoms with Gasteiger partial charge in [-0.25, -0.2) is 9.78 Å². The zero-order valence-corrected chi connectivity index (χ0v) is 12.3. The number of nitrogens with zero attached hydrogens (tertiary/aromatic N) is 1. The summed E-state index contributed by atoms with van der Waals surface area (Å²) < 4.78 is 14.3. The summed E-state index contributed by atoms with van der Waals surface area (Å²) in [6.45, 7) is 0.554.